The highest BCUT2D eigenvalue weighted by atomic mass is 32.3. The molecule has 2 heterocycles. The summed E-state index contributed by atoms with van der Waals surface area (Å²) in [6, 6.07) is 0.160. The first-order valence-electron chi connectivity index (χ1n) is 13.6. The highest BCUT2D eigenvalue weighted by Gasteiger charge is 2.43. The maximum atomic E-state index is 13.5. The summed E-state index contributed by atoms with van der Waals surface area (Å²) in [5, 5.41) is 33.1. The predicted octanol–water partition coefficient (Wildman–Crippen LogP) is 1.29. The van der Waals surface area contributed by atoms with Crippen LogP contribution in [-0.2, 0) is 43.9 Å². The van der Waals surface area contributed by atoms with Gasteiger partial charge in [-0.25, -0.2) is 31.1 Å². The first-order chi connectivity index (χ1) is 21.2. The molecule has 1 atom stereocenters. The van der Waals surface area contributed by atoms with E-state index < -0.39 is 53.3 Å². The largest absolute Gasteiger partial charge is 0.449 e. The number of carbonyl (C=O) groups excluding carboxylic acids is 2. The van der Waals surface area contributed by atoms with Crippen LogP contribution in [0.2, 0.25) is 0 Å². The summed E-state index contributed by atoms with van der Waals surface area (Å²) in [6.45, 7) is 1.34. The van der Waals surface area contributed by atoms with E-state index in [9.17, 15) is 26.4 Å². The number of methoxy groups -OCH3 is 1. The number of fused-ring (bicyclic) bond motifs is 1. The van der Waals surface area contributed by atoms with Crippen LogP contribution in [0.25, 0.3) is 0 Å². The number of nitrogens with zero attached hydrogens (tertiary/aromatic N) is 4. The maximum absolute atomic E-state index is 13.5. The third kappa shape index (κ3) is 12.1. The zero-order valence-electron chi connectivity index (χ0n) is 24.6. The van der Waals surface area contributed by atoms with E-state index in [0.717, 1.165) is 10.4 Å². The van der Waals surface area contributed by atoms with Crippen LogP contribution in [0.3, 0.4) is 0 Å². The quantitative estimate of drug-likeness (QED) is 0.0944. The standard InChI is InChI=1S/C22H39N5O15S3/c1-3-25(22(29)40-12-5-7-14-42-27(32)33)18-16-24(9-8-10-38-2)45(36,37)20-17(18)15-19(43-20)44(34,35)23-21(28)39-11-4-6-13-41-26(30)31/h15,18,30-33H,3-14,16H2,1-2H3,(H,23,28)/t18-/m0/s1. The maximum Gasteiger partial charge on any atom is 0.421 e. The normalized spacial score (nSPS) is 16.5. The lowest BCUT2D eigenvalue weighted by Gasteiger charge is -2.37. The molecule has 23 heteroatoms. The molecular weight excluding hydrogens is 670 g/mol. The molecule has 0 bridgehead atoms. The number of thiophene rings is 1. The molecule has 0 aliphatic carbocycles. The van der Waals surface area contributed by atoms with Gasteiger partial charge in [-0.1, -0.05) is 0 Å². The molecule has 1 aromatic rings. The first kappa shape index (κ1) is 38.9. The smallest absolute Gasteiger partial charge is 0.421 e. The summed E-state index contributed by atoms with van der Waals surface area (Å²) < 4.78 is 70.5. The number of hydrogen-bond donors (Lipinski definition) is 5. The van der Waals surface area contributed by atoms with E-state index in [1.165, 1.54) is 12.0 Å². The number of rotatable bonds is 20. The van der Waals surface area contributed by atoms with Crippen molar-refractivity contribution in [1.29, 1.82) is 0 Å². The van der Waals surface area contributed by atoms with E-state index in [-0.39, 0.29) is 75.3 Å². The molecule has 5 N–H and O–H groups in total. The van der Waals surface area contributed by atoms with Crippen molar-refractivity contribution in [3.63, 3.8) is 0 Å². The molecule has 0 radical (unpaired) electrons. The van der Waals surface area contributed by atoms with Gasteiger partial charge in [0.2, 0.25) is 0 Å². The molecule has 45 heavy (non-hydrogen) atoms. The van der Waals surface area contributed by atoms with Crippen LogP contribution in [0.1, 0.15) is 50.6 Å². The minimum Gasteiger partial charge on any atom is -0.449 e. The van der Waals surface area contributed by atoms with Crippen LogP contribution in [0.4, 0.5) is 9.59 Å². The number of likely N-dealkylation sites (N-methyl/N-ethyl adjacent to an activating group) is 1. The van der Waals surface area contributed by atoms with Crippen LogP contribution < -0.4 is 4.72 Å². The molecule has 0 saturated heterocycles. The molecule has 2 rings (SSSR count). The summed E-state index contributed by atoms with van der Waals surface area (Å²) >= 11 is 0.419. The molecule has 0 spiro atoms. The second kappa shape index (κ2) is 18.8. The van der Waals surface area contributed by atoms with E-state index in [1.54, 1.807) is 11.6 Å². The Hall–Kier alpha value is -2.26. The van der Waals surface area contributed by atoms with E-state index in [4.69, 9.17) is 35.0 Å². The highest BCUT2D eigenvalue weighted by molar-refractivity contribution is 7.94. The van der Waals surface area contributed by atoms with Crippen molar-refractivity contribution in [3.05, 3.63) is 11.6 Å². The monoisotopic (exact) mass is 709 g/mol. The van der Waals surface area contributed by atoms with Gasteiger partial charge in [-0.05, 0) is 45.1 Å². The van der Waals surface area contributed by atoms with Gasteiger partial charge < -0.3 is 19.1 Å². The SMILES string of the molecule is CCN(C(=O)OCCCCON(O)O)[C@H]1CN(CCCOC)S(=O)(=O)c2sc(S(=O)(=O)NC(=O)OCCCCON(O)O)cc21. The lowest BCUT2D eigenvalue weighted by atomic mass is 10.1. The number of nitrogens with one attached hydrogen (secondary N) is 1. The third-order valence-corrected chi connectivity index (χ3v) is 11.5. The van der Waals surface area contributed by atoms with Crippen molar-refractivity contribution < 1.29 is 71.1 Å². The number of sulfonamides is 2. The second-order valence-electron chi connectivity index (χ2n) is 9.26. The molecule has 2 amide bonds. The minimum atomic E-state index is -4.60. The number of hydrogen-bond acceptors (Lipinski definition) is 18. The molecule has 260 valence electrons. The summed E-state index contributed by atoms with van der Waals surface area (Å²) in [7, 11) is -7.34. The van der Waals surface area contributed by atoms with Crippen LogP contribution in [0.5, 0.6) is 0 Å². The number of ether oxygens (including phenoxy) is 3. The zero-order chi connectivity index (χ0) is 33.6. The molecule has 0 saturated carbocycles. The molecule has 0 aromatic carbocycles. The Labute approximate surface area is 264 Å². The van der Waals surface area contributed by atoms with Gasteiger partial charge in [-0.2, -0.15) is 4.31 Å². The van der Waals surface area contributed by atoms with Gasteiger partial charge in [0.05, 0.1) is 43.2 Å². The average molecular weight is 710 g/mol. The Balaban J connectivity index is 2.24. The second-order valence-corrected chi connectivity index (χ2v) is 14.4. The van der Waals surface area contributed by atoms with Crippen molar-refractivity contribution in [2.24, 2.45) is 0 Å². The van der Waals surface area contributed by atoms with Gasteiger partial charge in [-0.3, -0.25) is 30.5 Å². The van der Waals surface area contributed by atoms with Crippen LogP contribution >= 0.6 is 11.3 Å². The molecule has 1 aromatic heterocycles. The zero-order valence-corrected chi connectivity index (χ0v) is 27.1. The van der Waals surface area contributed by atoms with Crippen LogP contribution in [0.15, 0.2) is 14.5 Å². The van der Waals surface area contributed by atoms with Crippen molar-refractivity contribution >= 4 is 43.6 Å². The highest BCUT2D eigenvalue weighted by Crippen LogP contribution is 2.42. The summed E-state index contributed by atoms with van der Waals surface area (Å²) in [5.74, 6) is 0. The number of amides is 2. The van der Waals surface area contributed by atoms with Gasteiger partial charge in [0.1, 0.15) is 8.42 Å². The number of carbonyl (C=O) groups is 2. The van der Waals surface area contributed by atoms with Gasteiger partial charge in [0, 0.05) is 38.9 Å². The number of unbranched alkanes of at least 4 members (excludes halogenated alkanes) is 2. The summed E-state index contributed by atoms with van der Waals surface area (Å²) in [5.41, 5.74) is 0.0386. The predicted molar refractivity (Wildman–Crippen MR) is 149 cm³/mol. The molecular formula is C22H39N5O15S3. The first-order valence-corrected chi connectivity index (χ1v) is 17.4. The fourth-order valence-electron chi connectivity index (χ4n) is 4.08. The topological polar surface area (TPSA) is 254 Å². The van der Waals surface area contributed by atoms with Gasteiger partial charge in [0.15, 0.2) is 0 Å². The molecule has 20 nitrogen and oxygen atoms in total. The third-order valence-electron chi connectivity index (χ3n) is 6.15. The molecule has 1 aliphatic rings. The van der Waals surface area contributed by atoms with Gasteiger partial charge in [-0.15, -0.1) is 11.3 Å². The van der Waals surface area contributed by atoms with Crippen molar-refractivity contribution in [1.82, 2.24) is 24.7 Å². The Bertz CT molecular complexity index is 1290. The lowest BCUT2D eigenvalue weighted by Crippen LogP contribution is -2.47. The molecule has 0 fully saturated rings. The van der Waals surface area contributed by atoms with Crippen molar-refractivity contribution in [2.75, 3.05) is 59.8 Å². The van der Waals surface area contributed by atoms with Crippen LogP contribution in [-0.4, -0.2) is 130 Å². The fraction of sp³-hybridized carbons (Fsp3) is 0.727. The minimum absolute atomic E-state index is 0.0235. The van der Waals surface area contributed by atoms with Crippen molar-refractivity contribution in [3.8, 4) is 0 Å². The van der Waals surface area contributed by atoms with E-state index in [0.29, 0.717) is 30.6 Å². The molecule has 0 unspecified atom stereocenters. The van der Waals surface area contributed by atoms with Crippen LogP contribution in [0, 0.1) is 0 Å². The fourth-order valence-corrected chi connectivity index (χ4v) is 8.83. The van der Waals surface area contributed by atoms with Gasteiger partial charge in [0.25, 0.3) is 20.0 Å². The summed E-state index contributed by atoms with van der Waals surface area (Å²) in [4.78, 5) is 35.3. The van der Waals surface area contributed by atoms with Gasteiger partial charge >= 0.3 is 12.2 Å². The van der Waals surface area contributed by atoms with E-state index >= 15 is 0 Å². The Morgan fingerprint density at radius 2 is 1.56 bits per heavy atom. The lowest BCUT2D eigenvalue weighted by molar-refractivity contribution is -0.492. The van der Waals surface area contributed by atoms with Crippen molar-refractivity contribution in [2.45, 2.75) is 53.5 Å². The molecule has 1 aliphatic heterocycles. The summed E-state index contributed by atoms with van der Waals surface area (Å²) in [6.07, 6.45) is -0.707. The van der Waals surface area contributed by atoms with E-state index in [1.807, 2.05) is 0 Å². The Morgan fingerprint density at radius 1 is 0.978 bits per heavy atom. The Kier molecular flexibility index (Phi) is 16.2. The average Bonchev–Trinajstić information content (AvgIpc) is 3.43. The Morgan fingerprint density at radius 3 is 2.11 bits per heavy atom. The van der Waals surface area contributed by atoms with E-state index in [2.05, 4.69) is 9.68 Å².